The number of nitrogens with zero attached hydrogens (tertiary/aromatic N) is 1. The molecule has 0 atom stereocenters. The van der Waals surface area contributed by atoms with E-state index in [1.54, 1.807) is 7.11 Å². The monoisotopic (exact) mass is 245 g/mol. The van der Waals surface area contributed by atoms with Gasteiger partial charge in [0.2, 0.25) is 0 Å². The number of aromatic nitrogens is 2. The fourth-order valence-corrected chi connectivity index (χ4v) is 1.27. The molecule has 0 aromatic carbocycles. The van der Waals surface area contributed by atoms with E-state index in [0.29, 0.717) is 5.88 Å². The van der Waals surface area contributed by atoms with E-state index in [9.17, 15) is 0 Å². The quantitative estimate of drug-likeness (QED) is 0.759. The Morgan fingerprint density at radius 2 is 2.08 bits per heavy atom. The molecule has 1 rings (SSSR count). The summed E-state index contributed by atoms with van der Waals surface area (Å²) in [6.07, 6.45) is 1.84. The minimum absolute atomic E-state index is 0.00792. The first-order valence-corrected chi connectivity index (χ1v) is 4.87. The number of aromatic amines is 1. The Bertz CT molecular complexity index is 307. The van der Waals surface area contributed by atoms with Crippen molar-refractivity contribution in [1.29, 1.82) is 0 Å². The Hall–Kier alpha value is -0.640. The van der Waals surface area contributed by atoms with Crippen molar-refractivity contribution in [3.8, 4) is 5.88 Å². The van der Waals surface area contributed by atoms with Crippen molar-refractivity contribution in [3.05, 3.63) is 16.5 Å². The van der Waals surface area contributed by atoms with Crippen molar-refractivity contribution in [2.24, 2.45) is 0 Å². The molecule has 4 heteroatoms. The van der Waals surface area contributed by atoms with Crippen LogP contribution in [0.3, 0.4) is 0 Å². The van der Waals surface area contributed by atoms with Crippen LogP contribution in [0.25, 0.3) is 0 Å². The van der Waals surface area contributed by atoms with E-state index in [2.05, 4.69) is 46.7 Å². The zero-order valence-corrected chi connectivity index (χ0v) is 9.90. The highest BCUT2D eigenvalue weighted by molar-refractivity contribution is 9.10. The molecule has 1 heterocycles. The molecular formula is C9H14BrN2O+. The van der Waals surface area contributed by atoms with E-state index in [1.807, 2.05) is 6.20 Å². The lowest BCUT2D eigenvalue weighted by Crippen LogP contribution is -2.26. The van der Waals surface area contributed by atoms with Crippen LogP contribution in [0.2, 0.25) is 0 Å². The van der Waals surface area contributed by atoms with Gasteiger partial charge in [0.1, 0.15) is 10.7 Å². The summed E-state index contributed by atoms with van der Waals surface area (Å²) in [5, 5.41) is 0. The Balaban J connectivity index is 3.14. The van der Waals surface area contributed by atoms with Crippen LogP contribution in [0, 0.1) is 0 Å². The maximum Gasteiger partial charge on any atom is 0.346 e. The largest absolute Gasteiger partial charge is 0.462 e. The predicted molar refractivity (Wildman–Crippen MR) is 53.7 cm³/mol. The van der Waals surface area contributed by atoms with Crippen molar-refractivity contribution in [3.63, 3.8) is 0 Å². The topological polar surface area (TPSA) is 36.3 Å². The molecule has 0 aliphatic heterocycles. The summed E-state index contributed by atoms with van der Waals surface area (Å²) in [5.41, 5.74) is 0.00792. The molecule has 72 valence electrons. The summed E-state index contributed by atoms with van der Waals surface area (Å²) in [6, 6.07) is 0. The Morgan fingerprint density at radius 3 is 2.54 bits per heavy atom. The molecule has 0 bridgehead atoms. The third-order valence-electron chi connectivity index (χ3n) is 1.66. The van der Waals surface area contributed by atoms with Crippen molar-refractivity contribution in [2.45, 2.75) is 26.2 Å². The third-order valence-corrected chi connectivity index (χ3v) is 2.23. The van der Waals surface area contributed by atoms with Gasteiger partial charge in [-0.15, -0.1) is 0 Å². The van der Waals surface area contributed by atoms with E-state index in [1.165, 1.54) is 0 Å². The number of methoxy groups -OCH3 is 1. The molecule has 0 saturated carbocycles. The van der Waals surface area contributed by atoms with Crippen LogP contribution in [-0.2, 0) is 5.41 Å². The van der Waals surface area contributed by atoms with Crippen LogP contribution >= 0.6 is 15.9 Å². The fourth-order valence-electron chi connectivity index (χ4n) is 0.908. The zero-order chi connectivity index (χ0) is 10.1. The van der Waals surface area contributed by atoms with Crippen LogP contribution in [0.4, 0.5) is 0 Å². The molecule has 0 amide bonds. The minimum Gasteiger partial charge on any atom is -0.462 e. The number of ether oxygens (including phenoxy) is 1. The lowest BCUT2D eigenvalue weighted by molar-refractivity contribution is -0.403. The normalized spacial score (nSPS) is 11.5. The number of halogens is 1. The summed E-state index contributed by atoms with van der Waals surface area (Å²) in [4.78, 5) is 7.45. The van der Waals surface area contributed by atoms with Gasteiger partial charge in [0.25, 0.3) is 0 Å². The number of H-pyrrole nitrogens is 1. The molecule has 1 N–H and O–H groups in total. The van der Waals surface area contributed by atoms with E-state index in [0.717, 1.165) is 10.3 Å². The molecular weight excluding hydrogens is 232 g/mol. The smallest absolute Gasteiger partial charge is 0.346 e. The highest BCUT2D eigenvalue weighted by atomic mass is 79.9. The first kappa shape index (κ1) is 10.4. The average molecular weight is 246 g/mol. The first-order valence-electron chi connectivity index (χ1n) is 4.08. The van der Waals surface area contributed by atoms with Crippen molar-refractivity contribution in [1.82, 2.24) is 4.98 Å². The SMILES string of the molecule is COc1nc(C(C)(C)C)[nH+]cc1Br. The lowest BCUT2D eigenvalue weighted by atomic mass is 9.96. The van der Waals surface area contributed by atoms with Crippen LogP contribution in [0.1, 0.15) is 26.6 Å². The summed E-state index contributed by atoms with van der Waals surface area (Å²) in [7, 11) is 1.61. The summed E-state index contributed by atoms with van der Waals surface area (Å²) in [6.45, 7) is 6.29. The number of hydrogen-bond donors (Lipinski definition) is 0. The van der Waals surface area contributed by atoms with E-state index >= 15 is 0 Å². The van der Waals surface area contributed by atoms with Gasteiger partial charge in [-0.05, 0) is 41.7 Å². The fraction of sp³-hybridized carbons (Fsp3) is 0.556. The van der Waals surface area contributed by atoms with Gasteiger partial charge in [0.15, 0.2) is 0 Å². The molecule has 1 aromatic rings. The Kier molecular flexibility index (Phi) is 2.91. The molecule has 3 nitrogen and oxygen atoms in total. The van der Waals surface area contributed by atoms with Gasteiger partial charge in [0.05, 0.1) is 12.5 Å². The summed E-state index contributed by atoms with van der Waals surface area (Å²) >= 11 is 3.34. The van der Waals surface area contributed by atoms with Gasteiger partial charge in [-0.25, -0.2) is 4.98 Å². The van der Waals surface area contributed by atoms with E-state index in [-0.39, 0.29) is 5.41 Å². The summed E-state index contributed by atoms with van der Waals surface area (Å²) < 4.78 is 5.94. The van der Waals surface area contributed by atoms with Gasteiger partial charge in [0, 0.05) is 0 Å². The van der Waals surface area contributed by atoms with Crippen LogP contribution in [-0.4, -0.2) is 12.1 Å². The molecule has 13 heavy (non-hydrogen) atoms. The molecule has 0 radical (unpaired) electrons. The van der Waals surface area contributed by atoms with E-state index < -0.39 is 0 Å². The molecule has 1 aromatic heterocycles. The Morgan fingerprint density at radius 1 is 1.46 bits per heavy atom. The average Bonchev–Trinajstić information content (AvgIpc) is 2.03. The van der Waals surface area contributed by atoms with Crippen molar-refractivity contribution in [2.75, 3.05) is 7.11 Å². The second-order valence-electron chi connectivity index (χ2n) is 3.86. The van der Waals surface area contributed by atoms with Gasteiger partial charge < -0.3 is 4.74 Å². The van der Waals surface area contributed by atoms with Crippen LogP contribution in [0.5, 0.6) is 5.88 Å². The number of nitrogens with one attached hydrogen (secondary N) is 1. The zero-order valence-electron chi connectivity index (χ0n) is 8.31. The Labute approximate surface area is 86.7 Å². The minimum atomic E-state index is 0.00792. The maximum atomic E-state index is 5.10. The van der Waals surface area contributed by atoms with Gasteiger partial charge in [-0.3, -0.25) is 0 Å². The standard InChI is InChI=1S/C9H13BrN2O/c1-9(2,3)8-11-5-6(10)7(12-8)13-4/h5H,1-4H3/p+1. The number of rotatable bonds is 1. The second-order valence-corrected chi connectivity index (χ2v) is 4.71. The van der Waals surface area contributed by atoms with Crippen LogP contribution < -0.4 is 9.72 Å². The van der Waals surface area contributed by atoms with Gasteiger partial charge in [-0.2, -0.15) is 0 Å². The lowest BCUT2D eigenvalue weighted by Gasteiger charge is -2.10. The van der Waals surface area contributed by atoms with Crippen molar-refractivity contribution >= 4 is 15.9 Å². The van der Waals surface area contributed by atoms with Gasteiger partial charge >= 0.3 is 11.7 Å². The molecule has 0 fully saturated rings. The molecule has 0 unspecified atom stereocenters. The molecule has 0 saturated heterocycles. The third kappa shape index (κ3) is 2.40. The molecule has 0 aliphatic rings. The predicted octanol–water partition coefficient (Wildman–Crippen LogP) is 1.96. The molecule has 0 aliphatic carbocycles. The van der Waals surface area contributed by atoms with Crippen molar-refractivity contribution < 1.29 is 9.72 Å². The van der Waals surface area contributed by atoms with Gasteiger partial charge in [-0.1, -0.05) is 0 Å². The maximum absolute atomic E-state index is 5.10. The first-order chi connectivity index (χ1) is 5.95. The second kappa shape index (κ2) is 3.62. The number of hydrogen-bond acceptors (Lipinski definition) is 2. The highest BCUT2D eigenvalue weighted by Crippen LogP contribution is 2.23. The summed E-state index contributed by atoms with van der Waals surface area (Å²) in [5.74, 6) is 1.52. The van der Waals surface area contributed by atoms with Crippen LogP contribution in [0.15, 0.2) is 10.7 Å². The highest BCUT2D eigenvalue weighted by Gasteiger charge is 2.26. The van der Waals surface area contributed by atoms with E-state index in [4.69, 9.17) is 4.74 Å². The molecule has 0 spiro atoms.